The van der Waals surface area contributed by atoms with Gasteiger partial charge < -0.3 is 24.5 Å². The molecule has 0 aliphatic carbocycles. The van der Waals surface area contributed by atoms with Gasteiger partial charge in [0.05, 0.1) is 48.1 Å². The number of anilines is 5. The average Bonchev–Trinajstić information content (AvgIpc) is 2.06. The van der Waals surface area contributed by atoms with E-state index in [1.54, 1.807) is 55.8 Å². The summed E-state index contributed by atoms with van der Waals surface area (Å²) in [6, 6.07) is 29.6. The lowest BCUT2D eigenvalue weighted by molar-refractivity contribution is -0.117. The number of halogens is 2. The Morgan fingerprint density at radius 1 is 0.562 bits per heavy atom. The van der Waals surface area contributed by atoms with E-state index in [1.165, 1.54) is 27.5 Å². The number of thiocarbonyl (C=S) groups is 5. The normalized spacial score (nSPS) is 15.7. The molecule has 0 N–H and O–H groups in total. The second-order valence-electron chi connectivity index (χ2n) is 22.0. The molecule has 0 aromatic heterocycles. The van der Waals surface area contributed by atoms with Crippen LogP contribution in [-0.2, 0) is 30.4 Å². The number of unbranched alkanes of at least 4 members (excludes halogenated alkanes) is 1. The maximum atomic E-state index is 12.9. The smallest absolute Gasteiger partial charge is 0.252 e. The number of carbonyl (C=O) groups excluding carboxylic acids is 5. The average molecular weight is 1320 g/mol. The molecule has 5 aliphatic rings. The van der Waals surface area contributed by atoms with E-state index >= 15 is 0 Å². The fraction of sp³-hybridized carbons (Fsp3) is 0.343. The van der Waals surface area contributed by atoms with E-state index in [0.717, 1.165) is 81.9 Å². The lowest BCUT2D eigenvalue weighted by Crippen LogP contribution is -2.37. The Kier molecular flexibility index (Phi) is 25.1. The van der Waals surface area contributed by atoms with Gasteiger partial charge in [0, 0.05) is 31.2 Å². The molecule has 15 nitrogen and oxygen atoms in total. The van der Waals surface area contributed by atoms with Crippen LogP contribution in [0.2, 0.25) is 5.02 Å². The Bertz CT molecular complexity index is 3590. The molecule has 5 aliphatic heterocycles. The summed E-state index contributed by atoms with van der Waals surface area (Å²) in [6.45, 7) is 27.3. The number of hydrogen-bond donors (Lipinski definition) is 0. The van der Waals surface area contributed by atoms with E-state index in [1.807, 2.05) is 117 Å². The predicted molar refractivity (Wildman–Crippen MR) is 379 cm³/mol. The topological polar surface area (TPSA) is 118 Å². The molecule has 5 fully saturated rings. The summed E-state index contributed by atoms with van der Waals surface area (Å²) in [5, 5.41) is 3.37. The molecule has 5 amide bonds. The highest BCUT2D eigenvalue weighted by Gasteiger charge is 2.39. The van der Waals surface area contributed by atoms with Crippen LogP contribution < -0.4 is 24.5 Å². The standard InChI is InChI=1S/C15H20N2OS.C14H16N2OS.C14H14N2OS.C13H15FN2OS.C11H11ClN2OS/c1-5-12-8-6-7-11(4)14(12)17-13(18)9-16(10(2)3)15(17)19;2*1-4-8-15-9-12(17)16(14(15)18)13-10(2)6-5-7-11(13)3;1-2-3-8-15-9-12(17)16(13(15)18)11-6-4-10(14)5-7-11;1-7-3-4-8(5-9(7)12)14-10(15)6-13(2)11(14)16/h6-8,10H,5,9H2,1-4H3;4-7H,1,8-9H2,2-3H3;1,5-7H,8-9H2,2-3H3;4-7H,2-3,8-9H2,1H3;3-5H,6H2,1-2H3. The van der Waals surface area contributed by atoms with Crippen LogP contribution in [0, 0.1) is 59.7 Å². The van der Waals surface area contributed by atoms with Gasteiger partial charge in [0.1, 0.15) is 25.5 Å². The number of amides is 5. The van der Waals surface area contributed by atoms with E-state index in [0.29, 0.717) is 75.5 Å². The van der Waals surface area contributed by atoms with Crippen molar-refractivity contribution in [3.63, 3.8) is 0 Å². The molecule has 468 valence electrons. The number of rotatable bonds is 13. The van der Waals surface area contributed by atoms with Crippen LogP contribution in [0.3, 0.4) is 0 Å². The van der Waals surface area contributed by atoms with Crippen LogP contribution >= 0.6 is 72.7 Å². The molecule has 22 heteroatoms. The molecule has 5 aromatic carbocycles. The number of likely N-dealkylation sites (N-methyl/N-ethyl adjacent to an activating group) is 1. The Labute approximate surface area is 555 Å². The molecule has 0 saturated carbocycles. The van der Waals surface area contributed by atoms with Crippen molar-refractivity contribution in [2.45, 2.75) is 94.5 Å². The quantitative estimate of drug-likeness (QED) is 0.0632. The van der Waals surface area contributed by atoms with Gasteiger partial charge in [0.2, 0.25) is 0 Å². The molecule has 5 saturated heterocycles. The number of para-hydroxylation sites is 3. The first kappa shape index (κ1) is 70.5. The fourth-order valence-electron chi connectivity index (χ4n) is 10.4. The summed E-state index contributed by atoms with van der Waals surface area (Å²) in [5.74, 6) is 2.21. The predicted octanol–water partition coefficient (Wildman–Crippen LogP) is 12.0. The Morgan fingerprint density at radius 3 is 1.47 bits per heavy atom. The summed E-state index contributed by atoms with van der Waals surface area (Å²) in [5.41, 5.74) is 11.6. The largest absolute Gasteiger partial charge is 0.342 e. The van der Waals surface area contributed by atoms with Crippen molar-refractivity contribution in [3.8, 4) is 12.3 Å². The molecule has 0 spiro atoms. The van der Waals surface area contributed by atoms with Crippen LogP contribution in [0.1, 0.15) is 79.5 Å². The number of aryl methyl sites for hydroxylation is 7. The van der Waals surface area contributed by atoms with Crippen molar-refractivity contribution >= 4 is 156 Å². The lowest BCUT2D eigenvalue weighted by Gasteiger charge is -2.25. The fourth-order valence-corrected chi connectivity index (χ4v) is 12.3. The summed E-state index contributed by atoms with van der Waals surface area (Å²) in [6.07, 6.45) is 9.99. The third-order valence-electron chi connectivity index (χ3n) is 15.0. The van der Waals surface area contributed by atoms with Crippen LogP contribution in [0.5, 0.6) is 0 Å². The summed E-state index contributed by atoms with van der Waals surface area (Å²) in [4.78, 5) is 77.4. The minimum Gasteiger partial charge on any atom is -0.342 e. The molecule has 10 rings (SSSR count). The summed E-state index contributed by atoms with van der Waals surface area (Å²) < 4.78 is 12.9. The molecule has 5 heterocycles. The second kappa shape index (κ2) is 31.7. The molecule has 5 aromatic rings. The van der Waals surface area contributed by atoms with Gasteiger partial charge >= 0.3 is 0 Å². The molecule has 0 unspecified atom stereocenters. The van der Waals surface area contributed by atoms with Gasteiger partial charge in [-0.1, -0.05) is 105 Å². The van der Waals surface area contributed by atoms with Crippen LogP contribution in [-0.4, -0.2) is 145 Å². The van der Waals surface area contributed by atoms with Crippen molar-refractivity contribution in [1.82, 2.24) is 24.5 Å². The maximum absolute atomic E-state index is 12.9. The number of hydrogen-bond acceptors (Lipinski definition) is 10. The van der Waals surface area contributed by atoms with Crippen molar-refractivity contribution in [1.29, 1.82) is 0 Å². The first-order valence-corrected chi connectivity index (χ1v) is 31.5. The van der Waals surface area contributed by atoms with E-state index in [9.17, 15) is 28.4 Å². The van der Waals surface area contributed by atoms with E-state index in [4.69, 9.17) is 79.1 Å². The van der Waals surface area contributed by atoms with Gasteiger partial charge in [-0.3, -0.25) is 48.5 Å². The summed E-state index contributed by atoms with van der Waals surface area (Å²) in [7, 11) is 1.80. The first-order valence-electron chi connectivity index (χ1n) is 29.1. The van der Waals surface area contributed by atoms with Crippen LogP contribution in [0.4, 0.5) is 32.8 Å². The highest BCUT2D eigenvalue weighted by Crippen LogP contribution is 2.33. The highest BCUT2D eigenvalue weighted by molar-refractivity contribution is 7.81. The van der Waals surface area contributed by atoms with Crippen LogP contribution in [0.25, 0.3) is 0 Å². The second-order valence-corrected chi connectivity index (χ2v) is 24.2. The van der Waals surface area contributed by atoms with Gasteiger partial charge in [0.25, 0.3) is 29.5 Å². The van der Waals surface area contributed by atoms with E-state index in [-0.39, 0.29) is 47.9 Å². The molecule has 0 radical (unpaired) electrons. The lowest BCUT2D eigenvalue weighted by atomic mass is 10.0. The third kappa shape index (κ3) is 16.4. The first-order chi connectivity index (χ1) is 42.2. The zero-order chi connectivity index (χ0) is 65.7. The van der Waals surface area contributed by atoms with Crippen molar-refractivity contribution in [3.05, 3.63) is 160 Å². The van der Waals surface area contributed by atoms with Crippen molar-refractivity contribution < 1.29 is 28.4 Å². The van der Waals surface area contributed by atoms with Crippen LogP contribution in [0.15, 0.2) is 110 Å². The number of carbonyl (C=O) groups is 5. The van der Waals surface area contributed by atoms with E-state index in [2.05, 4.69) is 46.3 Å². The molecule has 0 atom stereocenters. The van der Waals surface area contributed by atoms with Gasteiger partial charge in [-0.05, 0) is 205 Å². The monoisotopic (exact) mass is 1310 g/mol. The molecular weight excluding hydrogens is 1240 g/mol. The number of nitrogens with zero attached hydrogens (tertiary/aromatic N) is 10. The van der Waals surface area contributed by atoms with Crippen molar-refractivity contribution in [2.75, 3.05) is 83.9 Å². The molecule has 0 bridgehead atoms. The minimum atomic E-state index is -0.320. The van der Waals surface area contributed by atoms with Crippen molar-refractivity contribution in [2.24, 2.45) is 0 Å². The minimum absolute atomic E-state index is 0.0207. The Hall–Kier alpha value is -7.58. The summed E-state index contributed by atoms with van der Waals surface area (Å²) >= 11 is 32.7. The molecular formula is C67H76ClFN10O5S5. The van der Waals surface area contributed by atoms with Gasteiger partial charge in [-0.2, -0.15) is 0 Å². The van der Waals surface area contributed by atoms with Gasteiger partial charge in [-0.25, -0.2) is 4.39 Å². The van der Waals surface area contributed by atoms with Gasteiger partial charge in [-0.15, -0.1) is 13.0 Å². The van der Waals surface area contributed by atoms with Gasteiger partial charge in [0.15, 0.2) is 25.6 Å². The van der Waals surface area contributed by atoms with E-state index < -0.39 is 0 Å². The number of terminal acetylenes is 1. The SMILES string of the molecule is C#CCN1CC(=O)N(c2c(C)cccc2C)C1=S.C=CCN1CC(=O)N(c2c(C)cccc2C)C1=S.CCCCN1CC(=O)N(c2ccc(F)cc2)C1=S.CCc1cccc(C)c1N1C(=O)CN(C(C)C)C1=S.Cc1ccc(N2C(=O)CN(C)C2=S)cc1Cl. The number of benzene rings is 5. The highest BCUT2D eigenvalue weighted by atomic mass is 35.5. The Balaban J connectivity index is 0.000000177. The zero-order valence-electron chi connectivity index (χ0n) is 52.3. The molecule has 89 heavy (non-hydrogen) atoms. The third-order valence-corrected chi connectivity index (χ3v) is 17.7. The zero-order valence-corrected chi connectivity index (χ0v) is 57.1. The Morgan fingerprint density at radius 2 is 1.00 bits per heavy atom. The maximum Gasteiger partial charge on any atom is 0.252 e.